The number of nitrogens with zero attached hydrogens (tertiary/aromatic N) is 2. The van der Waals surface area contributed by atoms with Gasteiger partial charge in [-0.05, 0) is 19.4 Å². The van der Waals surface area contributed by atoms with Gasteiger partial charge in [0.1, 0.15) is 5.02 Å². The molecule has 0 atom stereocenters. The summed E-state index contributed by atoms with van der Waals surface area (Å²) in [5.41, 5.74) is 0.852. The van der Waals surface area contributed by atoms with Crippen LogP contribution in [0.1, 0.15) is 25.1 Å². The van der Waals surface area contributed by atoms with Crippen molar-refractivity contribution in [2.45, 2.75) is 27.7 Å². The Kier molecular flexibility index (Phi) is 5.54. The molecule has 1 aromatic heterocycles. The predicted molar refractivity (Wildman–Crippen MR) is 61.7 cm³/mol. The van der Waals surface area contributed by atoms with Gasteiger partial charge >= 0.3 is 5.69 Å². The quantitative estimate of drug-likeness (QED) is 0.431. The van der Waals surface area contributed by atoms with Gasteiger partial charge < -0.3 is 0 Å². The molecule has 0 fully saturated rings. The lowest BCUT2D eigenvalue weighted by atomic mass is 10.2. The minimum atomic E-state index is -0.635. The van der Waals surface area contributed by atoms with Gasteiger partial charge in [0.2, 0.25) is 5.15 Å². The lowest BCUT2D eigenvalue weighted by Gasteiger charge is -2.03. The van der Waals surface area contributed by atoms with E-state index in [1.807, 2.05) is 13.8 Å². The molecular formula is C9H12Cl2N2O2. The molecule has 0 N–H and O–H groups in total. The molecule has 0 aliphatic carbocycles. The Morgan fingerprint density at radius 1 is 1.27 bits per heavy atom. The summed E-state index contributed by atoms with van der Waals surface area (Å²) in [6.45, 7) is 7.35. The van der Waals surface area contributed by atoms with Gasteiger partial charge in [0, 0.05) is 5.69 Å². The van der Waals surface area contributed by atoms with Crippen LogP contribution in [0.15, 0.2) is 0 Å². The van der Waals surface area contributed by atoms with Crippen LogP contribution in [0.5, 0.6) is 0 Å². The van der Waals surface area contributed by atoms with Crippen molar-refractivity contribution in [2.75, 3.05) is 0 Å². The van der Waals surface area contributed by atoms with Gasteiger partial charge in [0.25, 0.3) is 0 Å². The number of hydrogen-bond donors (Lipinski definition) is 0. The number of rotatable bonds is 1. The second-order valence-electron chi connectivity index (χ2n) is 2.53. The number of nitro groups is 1. The van der Waals surface area contributed by atoms with E-state index in [9.17, 15) is 10.1 Å². The number of aryl methyl sites for hydroxylation is 1. The third-order valence-corrected chi connectivity index (χ3v) is 2.45. The summed E-state index contributed by atoms with van der Waals surface area (Å²) in [5.74, 6) is 0. The summed E-state index contributed by atoms with van der Waals surface area (Å²) >= 11 is 11.3. The maximum absolute atomic E-state index is 10.5. The Labute approximate surface area is 98.4 Å². The zero-order valence-electron chi connectivity index (χ0n) is 8.97. The molecule has 1 heterocycles. The lowest BCUT2D eigenvalue weighted by molar-refractivity contribution is -0.384. The topological polar surface area (TPSA) is 56.0 Å². The Balaban J connectivity index is 0.000000921. The van der Waals surface area contributed by atoms with Crippen LogP contribution in [0.2, 0.25) is 10.2 Å². The van der Waals surface area contributed by atoms with Crippen LogP contribution in [-0.4, -0.2) is 9.91 Å². The van der Waals surface area contributed by atoms with E-state index in [4.69, 9.17) is 23.2 Å². The highest BCUT2D eigenvalue weighted by Crippen LogP contribution is 2.34. The molecule has 0 aromatic carbocycles. The SMILES string of the molecule is CC.Cc1nc(Cl)c([N+](=O)[O-])c(Cl)c1C. The Morgan fingerprint density at radius 3 is 2.13 bits per heavy atom. The summed E-state index contributed by atoms with van der Waals surface area (Å²) in [6.07, 6.45) is 0. The smallest absolute Gasteiger partial charge is 0.258 e. The molecule has 0 saturated carbocycles. The minimum absolute atomic E-state index is 0.0579. The van der Waals surface area contributed by atoms with Gasteiger partial charge in [-0.3, -0.25) is 10.1 Å². The molecule has 0 saturated heterocycles. The molecule has 0 aliphatic heterocycles. The fourth-order valence-electron chi connectivity index (χ4n) is 0.867. The van der Waals surface area contributed by atoms with Crippen molar-refractivity contribution in [2.24, 2.45) is 0 Å². The average Bonchev–Trinajstić information content (AvgIpc) is 2.17. The summed E-state index contributed by atoms with van der Waals surface area (Å²) in [7, 11) is 0. The molecular weight excluding hydrogens is 239 g/mol. The monoisotopic (exact) mass is 250 g/mol. The van der Waals surface area contributed by atoms with Crippen molar-refractivity contribution < 1.29 is 4.92 Å². The molecule has 0 bridgehead atoms. The van der Waals surface area contributed by atoms with Crippen LogP contribution in [0.3, 0.4) is 0 Å². The molecule has 0 radical (unpaired) electrons. The van der Waals surface area contributed by atoms with Gasteiger partial charge in [0.05, 0.1) is 4.92 Å². The molecule has 0 unspecified atom stereocenters. The summed E-state index contributed by atoms with van der Waals surface area (Å²) in [5, 5.41) is 10.4. The lowest BCUT2D eigenvalue weighted by Crippen LogP contribution is -1.97. The normalized spacial score (nSPS) is 9.20. The zero-order chi connectivity index (χ0) is 12.2. The third kappa shape index (κ3) is 3.04. The van der Waals surface area contributed by atoms with E-state index in [1.54, 1.807) is 13.8 Å². The van der Waals surface area contributed by atoms with E-state index in [0.29, 0.717) is 11.3 Å². The first-order valence-corrected chi connectivity index (χ1v) is 5.17. The Bertz CT molecular complexity index is 381. The summed E-state index contributed by atoms with van der Waals surface area (Å²) in [6, 6.07) is 0. The van der Waals surface area contributed by atoms with E-state index >= 15 is 0 Å². The summed E-state index contributed by atoms with van der Waals surface area (Å²) in [4.78, 5) is 13.7. The zero-order valence-corrected chi connectivity index (χ0v) is 10.5. The van der Waals surface area contributed by atoms with Crippen molar-refractivity contribution in [1.29, 1.82) is 0 Å². The maximum Gasteiger partial charge on any atom is 0.325 e. The molecule has 0 aliphatic rings. The van der Waals surface area contributed by atoms with Crippen LogP contribution in [0.4, 0.5) is 5.69 Å². The molecule has 0 spiro atoms. The second kappa shape index (κ2) is 5.88. The highest BCUT2D eigenvalue weighted by molar-refractivity contribution is 6.38. The first-order chi connectivity index (χ1) is 6.95. The van der Waals surface area contributed by atoms with Gasteiger partial charge in [-0.2, -0.15) is 0 Å². The van der Waals surface area contributed by atoms with Crippen molar-refractivity contribution in [1.82, 2.24) is 4.98 Å². The molecule has 15 heavy (non-hydrogen) atoms. The standard InChI is InChI=1S/C7H6Cl2N2O2.C2H6/c1-3-4(2)10-7(9)6(5(3)8)11(12)13;1-2/h1-2H3;1-2H3. The molecule has 6 heteroatoms. The Hall–Kier alpha value is -0.870. The van der Waals surface area contributed by atoms with E-state index in [0.717, 1.165) is 0 Å². The van der Waals surface area contributed by atoms with Crippen LogP contribution in [0.25, 0.3) is 0 Å². The van der Waals surface area contributed by atoms with Crippen LogP contribution >= 0.6 is 23.2 Å². The number of pyridine rings is 1. The molecule has 0 amide bonds. The second-order valence-corrected chi connectivity index (χ2v) is 3.27. The van der Waals surface area contributed by atoms with Gasteiger partial charge in [0.15, 0.2) is 0 Å². The van der Waals surface area contributed by atoms with Gasteiger partial charge in [-0.1, -0.05) is 37.0 Å². The average molecular weight is 251 g/mol. The predicted octanol–water partition coefficient (Wildman–Crippen LogP) is 3.94. The first kappa shape index (κ1) is 14.1. The largest absolute Gasteiger partial charge is 0.325 e. The minimum Gasteiger partial charge on any atom is -0.258 e. The molecule has 84 valence electrons. The van der Waals surface area contributed by atoms with E-state index in [-0.39, 0.29) is 15.9 Å². The van der Waals surface area contributed by atoms with Crippen LogP contribution in [0, 0.1) is 24.0 Å². The molecule has 1 rings (SSSR count). The number of hydrogen-bond acceptors (Lipinski definition) is 3. The third-order valence-electron chi connectivity index (χ3n) is 1.72. The number of aromatic nitrogens is 1. The molecule has 1 aromatic rings. The fraction of sp³-hybridized carbons (Fsp3) is 0.444. The number of halogens is 2. The molecule has 4 nitrogen and oxygen atoms in total. The highest BCUT2D eigenvalue weighted by atomic mass is 35.5. The van der Waals surface area contributed by atoms with E-state index in [1.165, 1.54) is 0 Å². The summed E-state index contributed by atoms with van der Waals surface area (Å²) < 4.78 is 0. The maximum atomic E-state index is 10.5. The van der Waals surface area contributed by atoms with Crippen molar-refractivity contribution in [3.8, 4) is 0 Å². The highest BCUT2D eigenvalue weighted by Gasteiger charge is 2.22. The van der Waals surface area contributed by atoms with Crippen molar-refractivity contribution in [3.05, 3.63) is 31.5 Å². The van der Waals surface area contributed by atoms with Crippen LogP contribution in [-0.2, 0) is 0 Å². The van der Waals surface area contributed by atoms with Crippen molar-refractivity contribution >= 4 is 28.9 Å². The van der Waals surface area contributed by atoms with Gasteiger partial charge in [-0.25, -0.2) is 4.98 Å². The van der Waals surface area contributed by atoms with Crippen molar-refractivity contribution in [3.63, 3.8) is 0 Å². The van der Waals surface area contributed by atoms with E-state index < -0.39 is 4.92 Å². The van der Waals surface area contributed by atoms with Gasteiger partial charge in [-0.15, -0.1) is 0 Å². The van der Waals surface area contributed by atoms with Crippen LogP contribution < -0.4 is 0 Å². The first-order valence-electron chi connectivity index (χ1n) is 4.41. The van der Waals surface area contributed by atoms with E-state index in [2.05, 4.69) is 4.98 Å². The fourth-order valence-corrected chi connectivity index (χ4v) is 1.50. The Morgan fingerprint density at radius 2 is 1.73 bits per heavy atom.